The van der Waals surface area contributed by atoms with Gasteiger partial charge < -0.3 is 0 Å². The monoisotopic (exact) mass is 410 g/mol. The van der Waals surface area contributed by atoms with Gasteiger partial charge in [0, 0.05) is 0 Å². The number of fused-ring (bicyclic) bond motifs is 1. The van der Waals surface area contributed by atoms with Crippen molar-refractivity contribution in [1.29, 1.82) is 0 Å². The number of nitroso groups, excluding NO2 is 1. The number of hydrogen-bond acceptors (Lipinski definition) is 7. The summed E-state index contributed by atoms with van der Waals surface area (Å²) in [6.07, 6.45) is 8.21. The smallest absolute Gasteiger partial charge is 0.112 e. The maximum Gasteiger partial charge on any atom is -0.112 e. The number of hydrogen-bond donors (Lipinski definition) is 2. The molecule has 0 atom stereocenters. The Hall–Kier alpha value is -1.06. The zero-order valence-electron chi connectivity index (χ0n) is 12.0. The molecule has 0 aromatic carbocycles. The first kappa shape index (κ1) is 18.3. The second-order valence-corrected chi connectivity index (χ2v) is 8.06. The van der Waals surface area contributed by atoms with Crippen molar-refractivity contribution in [3.05, 3.63) is 36.8 Å². The first-order valence-corrected chi connectivity index (χ1v) is 9.84. The molecule has 0 fully saturated rings. The minimum atomic E-state index is -4.94. The van der Waals surface area contributed by atoms with E-state index in [1.54, 1.807) is 0 Å². The molecule has 0 aromatic rings. The normalized spacial score (nSPS) is 22.8. The number of rotatable bonds is 1. The predicted octanol–water partition coefficient (Wildman–Crippen LogP) is -3.61. The topological polar surface area (TPSA) is 156 Å². The van der Waals surface area contributed by atoms with Crippen LogP contribution in [0.4, 0.5) is 0 Å². The second kappa shape index (κ2) is 7.67. The molecule has 23 heavy (non-hydrogen) atoms. The molecule has 10 heteroatoms. The number of nitrogens with one attached hydrogen (secondary N) is 1. The molecule has 0 aromatic heterocycles. The summed E-state index contributed by atoms with van der Waals surface area (Å²) in [6, 6.07) is 0. The minimum Gasteiger partial charge on any atom is -0.222 e. The van der Waals surface area contributed by atoms with Crippen molar-refractivity contribution in [3.63, 3.8) is 0 Å². The van der Waals surface area contributed by atoms with E-state index in [0.717, 1.165) is 49.9 Å². The van der Waals surface area contributed by atoms with Crippen LogP contribution in [0.25, 0.3) is 0 Å². The molecule has 0 amide bonds. The Balaban J connectivity index is 0.000000338. The van der Waals surface area contributed by atoms with Gasteiger partial charge in [-0.3, -0.25) is 0 Å². The number of oxime groups is 1. The van der Waals surface area contributed by atoms with Gasteiger partial charge in [-0.2, -0.15) is 0 Å². The van der Waals surface area contributed by atoms with Crippen molar-refractivity contribution in [2.45, 2.75) is 38.5 Å². The van der Waals surface area contributed by atoms with E-state index in [-0.39, 0.29) is 15.0 Å². The average Bonchev–Trinajstić information content (AvgIpc) is 2.50. The molecule has 2 N–H and O–H groups in total. The third-order valence-electron chi connectivity index (χ3n) is 3.65. The molecule has 0 bridgehead atoms. The van der Waals surface area contributed by atoms with E-state index in [9.17, 15) is 4.91 Å². The van der Waals surface area contributed by atoms with Gasteiger partial charge in [0.1, 0.15) is 0 Å². The molecule has 3 rings (SSSR count). The van der Waals surface area contributed by atoms with Crippen molar-refractivity contribution in [1.82, 2.24) is 0 Å². The molecule has 0 saturated heterocycles. The van der Waals surface area contributed by atoms with Crippen LogP contribution < -0.4 is 23.8 Å². The van der Waals surface area contributed by atoms with Crippen LogP contribution in [0.3, 0.4) is 0 Å². The number of allylic oxidation sites excluding steroid dienone is 6. The SMILES string of the molecule is O=[NH+]C1=C2[Se]C3=C(C=C2CCC1)CCC/C3=N\O.[O-][Cl+3]([O-])([O-])[O-]. The van der Waals surface area contributed by atoms with E-state index in [2.05, 4.69) is 16.4 Å². The zero-order chi connectivity index (χ0) is 17.0. The van der Waals surface area contributed by atoms with E-state index < -0.39 is 10.2 Å². The van der Waals surface area contributed by atoms with Gasteiger partial charge in [-0.25, -0.2) is 18.6 Å². The molecule has 0 saturated carbocycles. The summed E-state index contributed by atoms with van der Waals surface area (Å²) >= 11 is 0.120. The summed E-state index contributed by atoms with van der Waals surface area (Å²) < 4.78 is 36.4. The Bertz CT molecular complexity index is 614. The maximum atomic E-state index is 11.0. The van der Waals surface area contributed by atoms with Crippen LogP contribution in [0.1, 0.15) is 38.5 Å². The fraction of sp³-hybridized carbons (Fsp3) is 0.462. The Morgan fingerprint density at radius 3 is 2.35 bits per heavy atom. The standard InChI is InChI=1S/C13H14N2O2Se.ClHO4/c16-14-10-5-1-3-8-7-9-4-2-6-11(15-17)13(9)18-12(8)10;2-1(3,4)5/h7,16H,1-6H2;(H,2,3,4,5)/b14-10+;. The van der Waals surface area contributed by atoms with Crippen molar-refractivity contribution < 1.29 is 39.3 Å². The van der Waals surface area contributed by atoms with Gasteiger partial charge in [-0.05, 0) is 0 Å². The molecule has 1 heterocycles. The summed E-state index contributed by atoms with van der Waals surface area (Å²) in [6.45, 7) is 0. The van der Waals surface area contributed by atoms with E-state index in [4.69, 9.17) is 23.8 Å². The number of halogens is 1. The third kappa shape index (κ3) is 4.95. The van der Waals surface area contributed by atoms with Crippen molar-refractivity contribution in [3.8, 4) is 0 Å². The van der Waals surface area contributed by atoms with E-state index in [1.807, 2.05) is 0 Å². The van der Waals surface area contributed by atoms with Crippen LogP contribution in [-0.2, 0) is 0 Å². The molecule has 126 valence electrons. The molecule has 0 spiro atoms. The Morgan fingerprint density at radius 1 is 1.09 bits per heavy atom. The second-order valence-electron chi connectivity index (χ2n) is 5.17. The van der Waals surface area contributed by atoms with Crippen LogP contribution in [0, 0.1) is 15.2 Å². The summed E-state index contributed by atoms with van der Waals surface area (Å²) in [5.74, 6) is 0. The summed E-state index contributed by atoms with van der Waals surface area (Å²) in [5, 5.41) is 14.7. The van der Waals surface area contributed by atoms with E-state index >= 15 is 0 Å². The first-order valence-electron chi connectivity index (χ1n) is 6.89. The van der Waals surface area contributed by atoms with Gasteiger partial charge in [-0.1, -0.05) is 0 Å². The average molecular weight is 410 g/mol. The molecular formula is C13H15ClN2O6Se. The summed E-state index contributed by atoms with van der Waals surface area (Å²) in [5.41, 5.74) is 4.34. The molecule has 0 radical (unpaired) electrons. The quantitative estimate of drug-likeness (QED) is 0.259. The fourth-order valence-corrected chi connectivity index (χ4v) is 5.53. The van der Waals surface area contributed by atoms with Gasteiger partial charge in [-0.15, -0.1) is 10.2 Å². The van der Waals surface area contributed by atoms with Crippen LogP contribution in [0.5, 0.6) is 0 Å². The van der Waals surface area contributed by atoms with Gasteiger partial charge >= 0.3 is 112 Å². The first-order chi connectivity index (χ1) is 10.8. The molecule has 2 aliphatic carbocycles. The third-order valence-corrected chi connectivity index (χ3v) is 6.62. The van der Waals surface area contributed by atoms with Crippen LogP contribution >= 0.6 is 0 Å². The summed E-state index contributed by atoms with van der Waals surface area (Å²) in [4.78, 5) is 11.0. The zero-order valence-corrected chi connectivity index (χ0v) is 14.5. The van der Waals surface area contributed by atoms with Crippen LogP contribution in [-0.4, -0.2) is 25.9 Å². The fourth-order valence-electron chi connectivity index (χ4n) is 2.77. The van der Waals surface area contributed by atoms with E-state index in [0.29, 0.717) is 0 Å². The van der Waals surface area contributed by atoms with Gasteiger partial charge in [0.2, 0.25) is 0 Å². The molecule has 3 aliphatic rings. The number of nitrogens with zero attached hydrogens (tertiary/aromatic N) is 1. The van der Waals surface area contributed by atoms with Crippen molar-refractivity contribution >= 4 is 20.7 Å². The Labute approximate surface area is 140 Å². The van der Waals surface area contributed by atoms with Crippen LogP contribution in [0.15, 0.2) is 37.0 Å². The Kier molecular flexibility index (Phi) is 6.10. The van der Waals surface area contributed by atoms with E-state index in [1.165, 1.54) is 20.1 Å². The molecule has 0 unspecified atom stereocenters. The summed E-state index contributed by atoms with van der Waals surface area (Å²) in [7, 11) is -4.94. The minimum absolute atomic E-state index is 0.120. The van der Waals surface area contributed by atoms with Gasteiger partial charge in [0.25, 0.3) is 0 Å². The van der Waals surface area contributed by atoms with Gasteiger partial charge in [0.05, 0.1) is 0 Å². The molecule has 1 aliphatic heterocycles. The Morgan fingerprint density at radius 2 is 1.74 bits per heavy atom. The molecular weight excluding hydrogens is 395 g/mol. The predicted molar refractivity (Wildman–Crippen MR) is 69.1 cm³/mol. The molecule has 8 nitrogen and oxygen atoms in total. The maximum absolute atomic E-state index is 11.0. The van der Waals surface area contributed by atoms with Crippen LogP contribution in [0.2, 0.25) is 0 Å². The van der Waals surface area contributed by atoms with Crippen molar-refractivity contribution in [2.24, 2.45) is 5.16 Å². The van der Waals surface area contributed by atoms with Crippen molar-refractivity contribution in [2.75, 3.05) is 0 Å². The largest absolute Gasteiger partial charge is 0.222 e. The van der Waals surface area contributed by atoms with Gasteiger partial charge in [0.15, 0.2) is 0 Å².